The van der Waals surface area contributed by atoms with E-state index in [9.17, 15) is 4.39 Å². The van der Waals surface area contributed by atoms with Crippen molar-refractivity contribution in [3.05, 3.63) is 28.4 Å². The van der Waals surface area contributed by atoms with Crippen LogP contribution in [0.2, 0.25) is 5.02 Å². The van der Waals surface area contributed by atoms with Gasteiger partial charge in [0.25, 0.3) is 0 Å². The average molecular weight is 230 g/mol. The second-order valence-corrected chi connectivity index (χ2v) is 4.15. The van der Waals surface area contributed by atoms with Gasteiger partial charge in [-0.1, -0.05) is 11.6 Å². The molecule has 0 saturated carbocycles. The minimum atomic E-state index is -1.63. The third-order valence-corrected chi connectivity index (χ3v) is 3.17. The van der Waals surface area contributed by atoms with Crippen molar-refractivity contribution in [1.29, 1.82) is 0 Å². The first kappa shape index (κ1) is 9.92. The first-order valence-electron chi connectivity index (χ1n) is 3.82. The van der Waals surface area contributed by atoms with Gasteiger partial charge in [0.2, 0.25) is 0 Å². The fourth-order valence-corrected chi connectivity index (χ4v) is 2.33. The van der Waals surface area contributed by atoms with Crippen LogP contribution < -0.4 is 5.46 Å². The van der Waals surface area contributed by atoms with Crippen molar-refractivity contribution >= 4 is 45.6 Å². The zero-order valence-corrected chi connectivity index (χ0v) is 8.44. The Morgan fingerprint density at radius 2 is 2.07 bits per heavy atom. The number of benzene rings is 1. The normalized spacial score (nSPS) is 10.9. The van der Waals surface area contributed by atoms with Gasteiger partial charge >= 0.3 is 7.12 Å². The number of hydrogen-bond acceptors (Lipinski definition) is 3. The van der Waals surface area contributed by atoms with Crippen LogP contribution in [-0.4, -0.2) is 17.2 Å². The molecule has 0 unspecified atom stereocenters. The van der Waals surface area contributed by atoms with E-state index >= 15 is 0 Å². The fraction of sp³-hybridized carbons (Fsp3) is 0. The van der Waals surface area contributed by atoms with Crippen molar-refractivity contribution in [1.82, 2.24) is 0 Å². The molecule has 14 heavy (non-hydrogen) atoms. The predicted octanol–water partition coefficient (Wildman–Crippen LogP) is 1.37. The first-order valence-corrected chi connectivity index (χ1v) is 5.07. The van der Waals surface area contributed by atoms with Gasteiger partial charge in [0, 0.05) is 26.0 Å². The van der Waals surface area contributed by atoms with E-state index in [4.69, 9.17) is 21.6 Å². The van der Waals surface area contributed by atoms with Gasteiger partial charge in [0.1, 0.15) is 5.82 Å². The second-order valence-electron chi connectivity index (χ2n) is 2.83. The molecule has 0 aliphatic carbocycles. The van der Waals surface area contributed by atoms with Crippen LogP contribution in [0.1, 0.15) is 0 Å². The largest absolute Gasteiger partial charge is 0.490 e. The molecule has 1 aromatic heterocycles. The molecule has 0 atom stereocenters. The summed E-state index contributed by atoms with van der Waals surface area (Å²) in [4.78, 5) is 0. The van der Waals surface area contributed by atoms with Gasteiger partial charge in [-0.2, -0.15) is 0 Å². The lowest BCUT2D eigenvalue weighted by Crippen LogP contribution is -2.30. The monoisotopic (exact) mass is 230 g/mol. The minimum Gasteiger partial charge on any atom is -0.423 e. The Morgan fingerprint density at radius 1 is 1.36 bits per heavy atom. The van der Waals surface area contributed by atoms with Crippen molar-refractivity contribution in [2.24, 2.45) is 0 Å². The van der Waals surface area contributed by atoms with Gasteiger partial charge in [-0.05, 0) is 12.1 Å². The molecule has 0 radical (unpaired) electrons. The van der Waals surface area contributed by atoms with Crippen molar-refractivity contribution < 1.29 is 14.4 Å². The lowest BCUT2D eigenvalue weighted by atomic mass is 9.80. The Bertz CT molecular complexity index is 485. The Morgan fingerprint density at radius 3 is 2.71 bits per heavy atom. The van der Waals surface area contributed by atoms with Gasteiger partial charge in [-0.3, -0.25) is 0 Å². The zero-order chi connectivity index (χ0) is 10.3. The summed E-state index contributed by atoms with van der Waals surface area (Å²) in [5, 5.41) is 19.8. The lowest BCUT2D eigenvalue weighted by Gasteiger charge is -2.02. The maximum Gasteiger partial charge on any atom is 0.490 e. The van der Waals surface area contributed by atoms with Crippen molar-refractivity contribution in [2.75, 3.05) is 0 Å². The minimum absolute atomic E-state index is 0.157. The number of hydrogen-bond donors (Lipinski definition) is 2. The first-order chi connectivity index (χ1) is 6.59. The third kappa shape index (κ3) is 1.52. The molecule has 6 heteroatoms. The van der Waals surface area contributed by atoms with Crippen LogP contribution in [0.5, 0.6) is 0 Å². The molecule has 0 aliphatic heterocycles. The number of fused-ring (bicyclic) bond motifs is 1. The van der Waals surface area contributed by atoms with Crippen LogP contribution in [0.25, 0.3) is 10.1 Å². The quantitative estimate of drug-likeness (QED) is 0.727. The van der Waals surface area contributed by atoms with E-state index in [2.05, 4.69) is 0 Å². The summed E-state index contributed by atoms with van der Waals surface area (Å²) in [6.07, 6.45) is 0. The highest BCUT2D eigenvalue weighted by Gasteiger charge is 2.17. The van der Waals surface area contributed by atoms with Gasteiger partial charge in [0.15, 0.2) is 0 Å². The Hall–Kier alpha value is -0.615. The van der Waals surface area contributed by atoms with Crippen LogP contribution in [-0.2, 0) is 0 Å². The van der Waals surface area contributed by atoms with Crippen molar-refractivity contribution in [3.8, 4) is 0 Å². The van der Waals surface area contributed by atoms with Gasteiger partial charge < -0.3 is 10.0 Å². The average Bonchev–Trinajstić information content (AvgIpc) is 2.46. The van der Waals surface area contributed by atoms with Crippen LogP contribution >= 0.6 is 22.9 Å². The van der Waals surface area contributed by atoms with Crippen molar-refractivity contribution in [2.45, 2.75) is 0 Å². The molecule has 0 spiro atoms. The van der Waals surface area contributed by atoms with E-state index in [1.807, 2.05) is 0 Å². The molecule has 72 valence electrons. The second kappa shape index (κ2) is 3.51. The summed E-state index contributed by atoms with van der Waals surface area (Å²) < 4.78 is 13.7. The molecule has 0 aliphatic rings. The lowest BCUT2D eigenvalue weighted by molar-refractivity contribution is 0.426. The molecular weight excluding hydrogens is 225 g/mol. The highest BCUT2D eigenvalue weighted by Crippen LogP contribution is 2.26. The summed E-state index contributed by atoms with van der Waals surface area (Å²) in [6, 6.07) is 2.88. The molecule has 2 rings (SSSR count). The molecule has 0 saturated heterocycles. The van der Waals surface area contributed by atoms with E-state index < -0.39 is 7.12 Å². The molecule has 0 amide bonds. The number of halogens is 2. The Kier molecular flexibility index (Phi) is 2.49. The highest BCUT2D eigenvalue weighted by molar-refractivity contribution is 7.17. The van der Waals surface area contributed by atoms with Gasteiger partial charge in [-0.15, -0.1) is 11.3 Å². The summed E-state index contributed by atoms with van der Waals surface area (Å²) in [6.45, 7) is 0. The third-order valence-electron chi connectivity index (χ3n) is 1.92. The zero-order valence-electron chi connectivity index (χ0n) is 6.87. The molecule has 2 aromatic rings. The molecule has 2 N–H and O–H groups in total. The topological polar surface area (TPSA) is 40.5 Å². The highest BCUT2D eigenvalue weighted by atomic mass is 35.5. The van der Waals surface area contributed by atoms with E-state index in [0.717, 1.165) is 0 Å². The van der Waals surface area contributed by atoms with Crippen LogP contribution in [0, 0.1) is 5.82 Å². The van der Waals surface area contributed by atoms with E-state index in [0.29, 0.717) is 10.1 Å². The van der Waals surface area contributed by atoms with Crippen LogP contribution in [0.4, 0.5) is 4.39 Å². The molecule has 0 bridgehead atoms. The van der Waals surface area contributed by atoms with Gasteiger partial charge in [-0.25, -0.2) is 4.39 Å². The van der Waals surface area contributed by atoms with E-state index in [1.165, 1.54) is 28.8 Å². The molecule has 1 aromatic carbocycles. The van der Waals surface area contributed by atoms with Crippen molar-refractivity contribution in [3.63, 3.8) is 0 Å². The summed E-state index contributed by atoms with van der Waals surface area (Å²) in [7, 11) is -1.63. The Balaban J connectivity index is 2.72. The molecule has 2 nitrogen and oxygen atoms in total. The SMILES string of the molecule is OB(O)c1cc2scc(F)c2cc1Cl. The van der Waals surface area contributed by atoms with E-state index in [1.54, 1.807) is 0 Å². The number of thiophene rings is 1. The summed E-state index contributed by atoms with van der Waals surface area (Å²) in [5.41, 5.74) is 0.195. The maximum absolute atomic E-state index is 13.1. The standard InChI is InChI=1S/C8H5BClFO2S/c10-6-1-4-7(11)3-14-8(4)2-5(6)9(12)13/h1-3,12-13H. The number of rotatable bonds is 1. The van der Waals surface area contributed by atoms with Crippen LogP contribution in [0.3, 0.4) is 0 Å². The molecular formula is C8H5BClFO2S. The van der Waals surface area contributed by atoms with E-state index in [-0.39, 0.29) is 16.3 Å². The van der Waals surface area contributed by atoms with Gasteiger partial charge in [0.05, 0.1) is 0 Å². The summed E-state index contributed by atoms with van der Waals surface area (Å²) in [5.74, 6) is -0.342. The van der Waals surface area contributed by atoms with Crippen LogP contribution in [0.15, 0.2) is 17.5 Å². The Labute approximate surface area is 88.7 Å². The predicted molar refractivity (Wildman–Crippen MR) is 56.6 cm³/mol. The fourth-order valence-electron chi connectivity index (χ4n) is 1.23. The molecule has 1 heterocycles. The molecule has 0 fully saturated rings. The summed E-state index contributed by atoms with van der Waals surface area (Å²) >= 11 is 6.94. The smallest absolute Gasteiger partial charge is 0.423 e. The maximum atomic E-state index is 13.1.